The average Bonchev–Trinajstić information content (AvgIpc) is 3.05. The van der Waals surface area contributed by atoms with Gasteiger partial charge in [0.2, 0.25) is 5.91 Å². The van der Waals surface area contributed by atoms with Crippen molar-refractivity contribution in [2.75, 3.05) is 26.7 Å². The number of piperazine rings is 1. The zero-order chi connectivity index (χ0) is 29.9. The summed E-state index contributed by atoms with van der Waals surface area (Å²) in [5, 5.41) is 0. The van der Waals surface area contributed by atoms with Gasteiger partial charge in [0.15, 0.2) is 5.78 Å². The monoisotopic (exact) mass is 572 g/mol. The molecule has 0 unspecified atom stereocenters. The number of aryl methyl sites for hydroxylation is 2. The van der Waals surface area contributed by atoms with Gasteiger partial charge in [-0.15, -0.1) is 0 Å². The lowest BCUT2D eigenvalue weighted by atomic mass is 9.98. The summed E-state index contributed by atoms with van der Waals surface area (Å²) in [6.45, 7) is 0.990. The Morgan fingerprint density at radius 3 is 2.26 bits per heavy atom. The summed E-state index contributed by atoms with van der Waals surface area (Å²) in [7, 11) is 1.58. The molecule has 0 aromatic heterocycles. The Morgan fingerprint density at radius 1 is 0.905 bits per heavy atom. The van der Waals surface area contributed by atoms with Gasteiger partial charge in [-0.1, -0.05) is 72.8 Å². The van der Waals surface area contributed by atoms with Gasteiger partial charge in [-0.3, -0.25) is 9.59 Å². The zero-order valence-corrected chi connectivity index (χ0v) is 24.1. The molecular formula is C33H40N4O5. The van der Waals surface area contributed by atoms with Crippen molar-refractivity contribution in [1.29, 1.82) is 0 Å². The molecule has 1 aliphatic heterocycles. The van der Waals surface area contributed by atoms with Gasteiger partial charge in [0.1, 0.15) is 18.4 Å². The number of rotatable bonds is 12. The number of amides is 2. The van der Waals surface area contributed by atoms with E-state index in [1.807, 2.05) is 78.9 Å². The van der Waals surface area contributed by atoms with E-state index in [0.29, 0.717) is 31.6 Å². The van der Waals surface area contributed by atoms with Gasteiger partial charge < -0.3 is 30.7 Å². The molecule has 3 aromatic carbocycles. The van der Waals surface area contributed by atoms with Crippen LogP contribution in [0.5, 0.6) is 5.75 Å². The zero-order valence-electron chi connectivity index (χ0n) is 24.1. The summed E-state index contributed by atoms with van der Waals surface area (Å²) < 4.78 is 11.0. The van der Waals surface area contributed by atoms with Crippen LogP contribution in [-0.4, -0.2) is 66.4 Å². The fourth-order valence-corrected chi connectivity index (χ4v) is 5.15. The average molecular weight is 573 g/mol. The standard InChI is InChI=1S/C33H40N4O5/c1-41-31-20-25(12-15-27(31)21-34)14-17-30(38)29-22-36(33(40)42-23-26-10-6-3-7-11-26)18-19-37(29)32(39)28(35)16-13-24-8-4-2-5-9-24/h2-12,15,20,28-29H,13-14,16-19,21-23,34-35H2,1H3/t28-,29+/m1/s1. The van der Waals surface area contributed by atoms with E-state index in [4.69, 9.17) is 20.9 Å². The van der Waals surface area contributed by atoms with E-state index in [1.54, 1.807) is 12.0 Å². The van der Waals surface area contributed by atoms with Gasteiger partial charge in [0.05, 0.1) is 19.7 Å². The summed E-state index contributed by atoms with van der Waals surface area (Å²) >= 11 is 0. The van der Waals surface area contributed by atoms with Crippen LogP contribution >= 0.6 is 0 Å². The number of carbonyl (C=O) groups is 3. The van der Waals surface area contributed by atoms with Crippen LogP contribution in [0.25, 0.3) is 0 Å². The quantitative estimate of drug-likeness (QED) is 0.340. The van der Waals surface area contributed by atoms with Crippen molar-refractivity contribution < 1.29 is 23.9 Å². The summed E-state index contributed by atoms with van der Waals surface area (Å²) in [5.74, 6) is 0.255. The molecule has 1 saturated heterocycles. The molecule has 222 valence electrons. The molecule has 1 fully saturated rings. The lowest BCUT2D eigenvalue weighted by molar-refractivity contribution is -0.143. The molecule has 42 heavy (non-hydrogen) atoms. The van der Waals surface area contributed by atoms with Gasteiger partial charge in [0.25, 0.3) is 0 Å². The molecule has 0 aliphatic carbocycles. The van der Waals surface area contributed by atoms with Gasteiger partial charge in [-0.05, 0) is 42.0 Å². The van der Waals surface area contributed by atoms with Gasteiger partial charge in [-0.25, -0.2) is 4.79 Å². The molecule has 0 spiro atoms. The van der Waals surface area contributed by atoms with Crippen molar-refractivity contribution in [2.45, 2.75) is 50.9 Å². The second kappa shape index (κ2) is 15.1. The van der Waals surface area contributed by atoms with Gasteiger partial charge >= 0.3 is 6.09 Å². The van der Waals surface area contributed by atoms with Crippen LogP contribution in [0.4, 0.5) is 4.79 Å². The van der Waals surface area contributed by atoms with Crippen LogP contribution in [0.3, 0.4) is 0 Å². The maximum atomic E-state index is 13.6. The first-order valence-electron chi connectivity index (χ1n) is 14.3. The Bertz CT molecular complexity index is 1330. The SMILES string of the molecule is COc1cc(CCC(=O)[C@@H]2CN(C(=O)OCc3ccccc3)CCN2C(=O)[C@H](N)CCc2ccccc2)ccc1CN. The number of Topliss-reactive ketones (excluding diaryl/α,β-unsaturated/α-hetero) is 1. The van der Waals surface area contributed by atoms with E-state index in [-0.39, 0.29) is 44.4 Å². The van der Waals surface area contributed by atoms with Crippen LogP contribution in [-0.2, 0) is 40.3 Å². The van der Waals surface area contributed by atoms with Crippen molar-refractivity contribution in [2.24, 2.45) is 11.5 Å². The highest BCUT2D eigenvalue weighted by Gasteiger charge is 2.38. The molecule has 0 bridgehead atoms. The number of nitrogens with two attached hydrogens (primary N) is 2. The minimum absolute atomic E-state index is 0.0546. The minimum atomic E-state index is -0.816. The Hall–Kier alpha value is -4.21. The third-order valence-corrected chi connectivity index (χ3v) is 7.63. The van der Waals surface area contributed by atoms with Crippen LogP contribution in [0, 0.1) is 0 Å². The van der Waals surface area contributed by atoms with Gasteiger partial charge in [0, 0.05) is 31.6 Å². The second-order valence-corrected chi connectivity index (χ2v) is 10.5. The number of ether oxygens (including phenoxy) is 2. The topological polar surface area (TPSA) is 128 Å². The number of benzene rings is 3. The molecule has 9 nitrogen and oxygen atoms in total. The molecule has 4 N–H and O–H groups in total. The highest BCUT2D eigenvalue weighted by Crippen LogP contribution is 2.22. The number of hydrogen-bond acceptors (Lipinski definition) is 7. The third kappa shape index (κ3) is 8.18. The smallest absolute Gasteiger partial charge is 0.410 e. The molecule has 9 heteroatoms. The predicted octanol–water partition coefficient (Wildman–Crippen LogP) is 3.47. The number of ketones is 1. The summed E-state index contributed by atoms with van der Waals surface area (Å²) in [6.07, 6.45) is 1.23. The highest BCUT2D eigenvalue weighted by atomic mass is 16.6. The number of carbonyl (C=O) groups excluding carboxylic acids is 3. The van der Waals surface area contributed by atoms with Crippen LogP contribution in [0.15, 0.2) is 78.9 Å². The molecule has 3 aromatic rings. The fourth-order valence-electron chi connectivity index (χ4n) is 5.15. The van der Waals surface area contributed by atoms with Crippen LogP contribution < -0.4 is 16.2 Å². The van der Waals surface area contributed by atoms with E-state index in [2.05, 4.69) is 0 Å². The summed E-state index contributed by atoms with van der Waals surface area (Å²) in [4.78, 5) is 43.2. The molecule has 4 rings (SSSR count). The van der Waals surface area contributed by atoms with E-state index in [9.17, 15) is 14.4 Å². The van der Waals surface area contributed by atoms with Crippen molar-refractivity contribution >= 4 is 17.8 Å². The molecule has 0 radical (unpaired) electrons. The molecular weight excluding hydrogens is 532 g/mol. The third-order valence-electron chi connectivity index (χ3n) is 7.63. The Morgan fingerprint density at radius 2 is 1.60 bits per heavy atom. The lowest BCUT2D eigenvalue weighted by Gasteiger charge is -2.41. The molecule has 0 saturated carbocycles. The summed E-state index contributed by atoms with van der Waals surface area (Å²) in [6, 6.07) is 23.4. The van der Waals surface area contributed by atoms with E-state index in [0.717, 1.165) is 22.3 Å². The first kappa shape index (κ1) is 30.7. The Labute approximate surface area is 247 Å². The van der Waals surface area contributed by atoms with E-state index >= 15 is 0 Å². The molecule has 2 atom stereocenters. The largest absolute Gasteiger partial charge is 0.496 e. The van der Waals surface area contributed by atoms with Crippen molar-refractivity contribution in [3.05, 3.63) is 101 Å². The summed E-state index contributed by atoms with van der Waals surface area (Å²) in [5.41, 5.74) is 15.9. The minimum Gasteiger partial charge on any atom is -0.496 e. The first-order valence-corrected chi connectivity index (χ1v) is 14.3. The van der Waals surface area contributed by atoms with Crippen molar-refractivity contribution in [1.82, 2.24) is 9.80 Å². The maximum Gasteiger partial charge on any atom is 0.410 e. The normalized spacial score (nSPS) is 15.6. The van der Waals surface area contributed by atoms with Crippen LogP contribution in [0.1, 0.15) is 35.1 Å². The predicted molar refractivity (Wildman–Crippen MR) is 161 cm³/mol. The fraction of sp³-hybridized carbons (Fsp3) is 0.364. The number of nitrogens with zero attached hydrogens (tertiary/aromatic N) is 2. The van der Waals surface area contributed by atoms with Crippen molar-refractivity contribution in [3.8, 4) is 5.75 Å². The van der Waals surface area contributed by atoms with E-state index in [1.165, 1.54) is 4.90 Å². The maximum absolute atomic E-state index is 13.6. The highest BCUT2D eigenvalue weighted by molar-refractivity contribution is 5.92. The molecule has 1 aliphatic rings. The van der Waals surface area contributed by atoms with E-state index < -0.39 is 18.2 Å². The van der Waals surface area contributed by atoms with Crippen LogP contribution in [0.2, 0.25) is 0 Å². The Kier molecular flexibility index (Phi) is 11.1. The second-order valence-electron chi connectivity index (χ2n) is 10.5. The molecule has 1 heterocycles. The lowest BCUT2D eigenvalue weighted by Crippen LogP contribution is -2.62. The van der Waals surface area contributed by atoms with Gasteiger partial charge in [-0.2, -0.15) is 0 Å². The number of methoxy groups -OCH3 is 1. The van der Waals surface area contributed by atoms with Crippen molar-refractivity contribution in [3.63, 3.8) is 0 Å². The number of hydrogen-bond donors (Lipinski definition) is 2. The Balaban J connectivity index is 1.44. The first-order chi connectivity index (χ1) is 20.4. The molecule has 2 amide bonds.